The average molecular weight is 318 g/mol. The molecule has 1 aromatic rings. The second-order valence-electron chi connectivity index (χ2n) is 4.82. The lowest BCUT2D eigenvalue weighted by Gasteiger charge is -2.19. The van der Waals surface area contributed by atoms with E-state index in [4.69, 9.17) is 6.42 Å². The van der Waals surface area contributed by atoms with Gasteiger partial charge in [0.25, 0.3) is 0 Å². The van der Waals surface area contributed by atoms with Crippen LogP contribution < -0.4 is 0 Å². The third-order valence-electron chi connectivity index (χ3n) is 3.09. The first-order valence-corrected chi connectivity index (χ1v) is 7.66. The van der Waals surface area contributed by atoms with Crippen LogP contribution >= 0.6 is 0 Å². The van der Waals surface area contributed by atoms with Gasteiger partial charge in [-0.3, -0.25) is 4.98 Å². The number of nitrogens with zero attached hydrogens (tertiary/aromatic N) is 2. The summed E-state index contributed by atoms with van der Waals surface area (Å²) < 4.78 is 63.1. The monoisotopic (exact) mass is 318 g/mol. The summed E-state index contributed by atoms with van der Waals surface area (Å²) in [5.41, 5.74) is -1.13. The first-order chi connectivity index (χ1) is 9.75. The van der Waals surface area contributed by atoms with Crippen molar-refractivity contribution in [2.45, 2.75) is 23.9 Å². The van der Waals surface area contributed by atoms with Gasteiger partial charge < -0.3 is 0 Å². The van der Waals surface area contributed by atoms with Crippen molar-refractivity contribution in [3.05, 3.63) is 24.0 Å². The number of pyridine rings is 1. The van der Waals surface area contributed by atoms with Gasteiger partial charge in [-0.25, -0.2) is 8.42 Å². The first-order valence-electron chi connectivity index (χ1n) is 6.22. The molecule has 1 heterocycles. The van der Waals surface area contributed by atoms with Crippen LogP contribution in [-0.2, 0) is 16.2 Å². The Labute approximate surface area is 121 Å². The molecule has 0 amide bonds. The van der Waals surface area contributed by atoms with E-state index in [1.165, 1.54) is 0 Å². The highest BCUT2D eigenvalue weighted by Gasteiger charge is 2.34. The zero-order chi connectivity index (χ0) is 15.7. The predicted octanol–water partition coefficient (Wildman–Crippen LogP) is 2.13. The molecular weight excluding hydrogens is 305 g/mol. The number of halogens is 3. The minimum absolute atomic E-state index is 0.111. The molecule has 8 heteroatoms. The van der Waals surface area contributed by atoms with Gasteiger partial charge >= 0.3 is 6.18 Å². The maximum absolute atomic E-state index is 12.4. The molecular formula is C13H13F3N2O2S. The third kappa shape index (κ3) is 3.74. The van der Waals surface area contributed by atoms with Crippen LogP contribution in [0.1, 0.15) is 18.5 Å². The van der Waals surface area contributed by atoms with Crippen LogP contribution in [0.2, 0.25) is 0 Å². The highest BCUT2D eigenvalue weighted by atomic mass is 32.2. The van der Waals surface area contributed by atoms with E-state index >= 15 is 0 Å². The molecule has 114 valence electrons. The molecule has 0 radical (unpaired) electrons. The fourth-order valence-corrected chi connectivity index (χ4v) is 3.16. The zero-order valence-electron chi connectivity index (χ0n) is 11.0. The fourth-order valence-electron chi connectivity index (χ4n) is 1.79. The Hall–Kier alpha value is -1.59. The second-order valence-corrected chi connectivity index (χ2v) is 6.76. The Morgan fingerprint density at radius 3 is 2.48 bits per heavy atom. The van der Waals surface area contributed by atoms with Crippen LogP contribution in [0.5, 0.6) is 0 Å². The van der Waals surface area contributed by atoms with E-state index in [9.17, 15) is 21.6 Å². The van der Waals surface area contributed by atoms with Crippen molar-refractivity contribution in [1.82, 2.24) is 9.29 Å². The summed E-state index contributed by atoms with van der Waals surface area (Å²) in [7, 11) is -3.92. The number of terminal acetylenes is 1. The average Bonchev–Trinajstić information content (AvgIpc) is 3.21. The van der Waals surface area contributed by atoms with E-state index in [1.807, 2.05) is 0 Å². The molecule has 1 aliphatic carbocycles. The second kappa shape index (κ2) is 5.66. The fraction of sp³-hybridized carbons (Fsp3) is 0.462. The topological polar surface area (TPSA) is 50.3 Å². The molecule has 0 atom stereocenters. The van der Waals surface area contributed by atoms with Crippen molar-refractivity contribution >= 4 is 10.0 Å². The van der Waals surface area contributed by atoms with Crippen molar-refractivity contribution in [1.29, 1.82) is 0 Å². The Bertz CT molecular complexity index is 643. The number of rotatable bonds is 5. The SMILES string of the molecule is C#CCN(CC1CC1)S(=O)(=O)c1ccc(C(F)(F)F)nc1. The number of hydrogen-bond donors (Lipinski definition) is 0. The molecule has 0 saturated heterocycles. The predicted molar refractivity (Wildman–Crippen MR) is 69.6 cm³/mol. The van der Waals surface area contributed by atoms with Crippen LogP contribution in [0.25, 0.3) is 0 Å². The summed E-state index contributed by atoms with van der Waals surface area (Å²) in [6.07, 6.45) is 3.14. The van der Waals surface area contributed by atoms with Gasteiger partial charge in [-0.15, -0.1) is 6.42 Å². The lowest BCUT2D eigenvalue weighted by molar-refractivity contribution is -0.141. The van der Waals surface area contributed by atoms with E-state index in [2.05, 4.69) is 10.9 Å². The van der Waals surface area contributed by atoms with E-state index < -0.39 is 21.9 Å². The highest BCUT2D eigenvalue weighted by molar-refractivity contribution is 7.89. The van der Waals surface area contributed by atoms with Crippen LogP contribution in [0, 0.1) is 18.3 Å². The largest absolute Gasteiger partial charge is 0.433 e. The summed E-state index contributed by atoms with van der Waals surface area (Å²) >= 11 is 0. The summed E-state index contributed by atoms with van der Waals surface area (Å²) in [6.45, 7) is 0.174. The maximum Gasteiger partial charge on any atom is 0.433 e. The van der Waals surface area contributed by atoms with Crippen LogP contribution in [0.4, 0.5) is 13.2 Å². The lowest BCUT2D eigenvalue weighted by Crippen LogP contribution is -2.33. The molecule has 0 spiro atoms. The van der Waals surface area contributed by atoms with Gasteiger partial charge in [0.05, 0.1) is 6.54 Å². The molecule has 1 saturated carbocycles. The third-order valence-corrected chi connectivity index (χ3v) is 4.89. The quantitative estimate of drug-likeness (QED) is 0.782. The molecule has 0 aromatic carbocycles. The molecule has 0 N–H and O–H groups in total. The zero-order valence-corrected chi connectivity index (χ0v) is 11.8. The van der Waals surface area contributed by atoms with E-state index in [-0.39, 0.29) is 23.9 Å². The lowest BCUT2D eigenvalue weighted by atomic mass is 10.3. The van der Waals surface area contributed by atoms with E-state index in [1.54, 1.807) is 0 Å². The molecule has 21 heavy (non-hydrogen) atoms. The van der Waals surface area contributed by atoms with Crippen LogP contribution in [0.15, 0.2) is 23.2 Å². The number of aromatic nitrogens is 1. The number of hydrogen-bond acceptors (Lipinski definition) is 3. The highest BCUT2D eigenvalue weighted by Crippen LogP contribution is 2.32. The van der Waals surface area contributed by atoms with E-state index in [0.717, 1.165) is 23.2 Å². The Morgan fingerprint density at radius 2 is 2.05 bits per heavy atom. The normalized spacial score (nSPS) is 16.0. The summed E-state index contributed by atoms with van der Waals surface area (Å²) in [6, 6.07) is 1.56. The number of alkyl halides is 3. The van der Waals surface area contributed by atoms with Crippen molar-refractivity contribution in [2.24, 2.45) is 5.92 Å². The Morgan fingerprint density at radius 1 is 1.38 bits per heavy atom. The van der Waals surface area contributed by atoms with Gasteiger partial charge in [0.1, 0.15) is 10.6 Å². The Kier molecular flexibility index (Phi) is 4.25. The Balaban J connectivity index is 2.26. The summed E-state index contributed by atoms with van der Waals surface area (Å²) in [5.74, 6) is 2.53. The standard InChI is InChI=1S/C13H13F3N2O2S/c1-2-7-18(9-10-3-4-10)21(19,20)11-5-6-12(17-8-11)13(14,15)16/h1,5-6,8,10H,3-4,7,9H2. The van der Waals surface area contributed by atoms with Gasteiger partial charge in [-0.05, 0) is 30.9 Å². The van der Waals surface area contributed by atoms with Crippen molar-refractivity contribution in [2.75, 3.05) is 13.1 Å². The van der Waals surface area contributed by atoms with Gasteiger partial charge in [-0.2, -0.15) is 17.5 Å². The molecule has 0 bridgehead atoms. The van der Waals surface area contributed by atoms with E-state index in [0.29, 0.717) is 12.3 Å². The summed E-state index contributed by atoms with van der Waals surface area (Å²) in [5, 5.41) is 0. The van der Waals surface area contributed by atoms with Crippen molar-refractivity contribution in [3.8, 4) is 12.3 Å². The first kappa shape index (κ1) is 15.8. The number of sulfonamides is 1. The molecule has 1 aromatic heterocycles. The maximum atomic E-state index is 12.4. The minimum atomic E-state index is -4.60. The smallest absolute Gasteiger partial charge is 0.250 e. The van der Waals surface area contributed by atoms with Gasteiger partial charge in [0.15, 0.2) is 0 Å². The molecule has 1 fully saturated rings. The minimum Gasteiger partial charge on any atom is -0.250 e. The molecule has 2 rings (SSSR count). The van der Waals surface area contributed by atoms with Gasteiger partial charge in [-0.1, -0.05) is 5.92 Å². The van der Waals surface area contributed by atoms with Crippen LogP contribution in [-0.4, -0.2) is 30.8 Å². The van der Waals surface area contributed by atoms with Gasteiger partial charge in [0.2, 0.25) is 10.0 Å². The molecule has 4 nitrogen and oxygen atoms in total. The van der Waals surface area contributed by atoms with Crippen molar-refractivity contribution in [3.63, 3.8) is 0 Å². The molecule has 0 aliphatic heterocycles. The van der Waals surface area contributed by atoms with Crippen molar-refractivity contribution < 1.29 is 21.6 Å². The summed E-state index contributed by atoms with van der Waals surface area (Å²) in [4.78, 5) is 2.89. The van der Waals surface area contributed by atoms with Crippen LogP contribution in [0.3, 0.4) is 0 Å². The van der Waals surface area contributed by atoms with Gasteiger partial charge in [0, 0.05) is 12.7 Å². The molecule has 1 aliphatic rings. The molecule has 0 unspecified atom stereocenters.